The quantitative estimate of drug-likeness (QED) is 0.0644. The van der Waals surface area contributed by atoms with Gasteiger partial charge in [-0.3, -0.25) is 33.0 Å². The highest BCUT2D eigenvalue weighted by Crippen LogP contribution is 2.35. The third-order valence-electron chi connectivity index (χ3n) is 10.8. The molecule has 2 aromatic carbocycles. The zero-order valence-corrected chi connectivity index (χ0v) is 44.0. The summed E-state index contributed by atoms with van der Waals surface area (Å²) in [4.78, 5) is 67.7. The number of sulfone groups is 1. The molecule has 0 spiro atoms. The number of hydrogen-bond acceptors (Lipinski definition) is 16. The smallest absolute Gasteiger partial charge is 0.308 e. The summed E-state index contributed by atoms with van der Waals surface area (Å²) in [6, 6.07) is 16.7. The van der Waals surface area contributed by atoms with Crippen molar-refractivity contribution in [2.75, 3.05) is 59.5 Å². The van der Waals surface area contributed by atoms with E-state index in [4.69, 9.17) is 4.74 Å². The lowest BCUT2D eigenvalue weighted by atomic mass is 9.95. The number of Topliss-reactive ketones (excluding diaryl/α,β-unsaturated/α-hetero) is 1. The topological polar surface area (TPSA) is 227 Å². The molecule has 67 heavy (non-hydrogen) atoms. The maximum atomic E-state index is 12.3. The van der Waals surface area contributed by atoms with E-state index in [0.29, 0.717) is 49.0 Å². The SMILES string of the molecule is CC[C@@H](CC1(C)N=N1)C(=O)OC.CC[C@@H](CCS(C)(=O)=O)C(=O)OC.CC[C@@H](CCS(C)=O)C(=O)OC.CC[C@@H](Cc1ccc(C(=O)c2ccccc2)cc1)C(=O)OC.CC[C@H](NC)C(C)=O. The first-order valence-corrected chi connectivity index (χ1v) is 26.4. The van der Waals surface area contributed by atoms with Gasteiger partial charge < -0.3 is 24.3 Å². The molecule has 3 rings (SSSR count). The molecule has 18 heteroatoms. The Kier molecular flexibility index (Phi) is 34.1. The van der Waals surface area contributed by atoms with Crippen LogP contribution in [0.5, 0.6) is 0 Å². The second-order valence-electron chi connectivity index (χ2n) is 16.1. The molecule has 0 amide bonds. The maximum Gasteiger partial charge on any atom is 0.308 e. The number of esters is 4. The van der Waals surface area contributed by atoms with Crippen molar-refractivity contribution in [1.29, 1.82) is 0 Å². The molecule has 0 saturated carbocycles. The van der Waals surface area contributed by atoms with E-state index in [9.17, 15) is 41.4 Å². The number of ether oxygens (including phenoxy) is 4. The van der Waals surface area contributed by atoms with Crippen LogP contribution in [0.3, 0.4) is 0 Å². The Morgan fingerprint density at radius 3 is 1.42 bits per heavy atom. The predicted octanol–water partition coefficient (Wildman–Crippen LogP) is 7.56. The van der Waals surface area contributed by atoms with Crippen LogP contribution in [0.15, 0.2) is 64.8 Å². The lowest BCUT2D eigenvalue weighted by molar-refractivity contribution is -0.146. The Morgan fingerprint density at radius 1 is 0.657 bits per heavy atom. The van der Waals surface area contributed by atoms with Crippen LogP contribution in [-0.4, -0.2) is 119 Å². The molecule has 2 aromatic rings. The molecule has 1 aliphatic rings. The summed E-state index contributed by atoms with van der Waals surface area (Å²) >= 11 is 0. The van der Waals surface area contributed by atoms with Gasteiger partial charge in [0, 0.05) is 46.6 Å². The first-order chi connectivity index (χ1) is 31.5. The first-order valence-electron chi connectivity index (χ1n) is 22.6. The van der Waals surface area contributed by atoms with Crippen LogP contribution in [0.25, 0.3) is 0 Å². The summed E-state index contributed by atoms with van der Waals surface area (Å²) in [7, 11) is 3.52. The number of likely N-dealkylation sites (N-methyl/N-ethyl adjacent to an activating group) is 1. The Morgan fingerprint density at radius 2 is 1.07 bits per heavy atom. The average molecular weight is 982 g/mol. The number of benzene rings is 2. The number of carbonyl (C=O) groups is 6. The van der Waals surface area contributed by atoms with Crippen molar-refractivity contribution in [2.24, 2.45) is 33.9 Å². The van der Waals surface area contributed by atoms with Crippen molar-refractivity contribution in [2.45, 2.75) is 118 Å². The minimum Gasteiger partial charge on any atom is -0.469 e. The summed E-state index contributed by atoms with van der Waals surface area (Å²) in [6.45, 7) is 13.2. The van der Waals surface area contributed by atoms with Gasteiger partial charge in [-0.05, 0) is 77.8 Å². The molecular weight excluding hydrogens is 903 g/mol. The van der Waals surface area contributed by atoms with Crippen LogP contribution >= 0.6 is 0 Å². The van der Waals surface area contributed by atoms with Crippen molar-refractivity contribution < 1.29 is 60.3 Å². The van der Waals surface area contributed by atoms with E-state index in [1.54, 1.807) is 32.4 Å². The molecule has 1 N–H and O–H groups in total. The molecule has 0 radical (unpaired) electrons. The molecule has 6 atom stereocenters. The van der Waals surface area contributed by atoms with Crippen molar-refractivity contribution in [3.8, 4) is 0 Å². The fourth-order valence-electron chi connectivity index (χ4n) is 6.26. The predicted molar refractivity (Wildman–Crippen MR) is 263 cm³/mol. The van der Waals surface area contributed by atoms with Crippen molar-refractivity contribution in [1.82, 2.24) is 5.32 Å². The number of carbonyl (C=O) groups excluding carboxylic acids is 6. The summed E-state index contributed by atoms with van der Waals surface area (Å²) in [6.07, 6.45) is 8.89. The fourth-order valence-corrected chi connectivity index (χ4v) is 7.59. The van der Waals surface area contributed by atoms with Gasteiger partial charge in [0.15, 0.2) is 11.4 Å². The van der Waals surface area contributed by atoms with Crippen molar-refractivity contribution >= 4 is 56.1 Å². The summed E-state index contributed by atoms with van der Waals surface area (Å²) < 4.78 is 50.9. The number of nitrogens with zero attached hydrogens (tertiary/aromatic N) is 2. The van der Waals surface area contributed by atoms with Gasteiger partial charge in [-0.2, -0.15) is 10.2 Å². The molecule has 380 valence electrons. The molecular formula is C49H79N3O13S2. The highest BCUT2D eigenvalue weighted by Gasteiger charge is 2.38. The van der Waals surface area contributed by atoms with Crippen LogP contribution in [0.4, 0.5) is 0 Å². The number of ketones is 2. The number of methoxy groups -OCH3 is 4. The molecule has 0 aliphatic carbocycles. The van der Waals surface area contributed by atoms with Crippen LogP contribution in [-0.2, 0) is 70.0 Å². The van der Waals surface area contributed by atoms with Gasteiger partial charge in [0.1, 0.15) is 15.6 Å². The Bertz CT molecular complexity index is 1930. The van der Waals surface area contributed by atoms with Crippen LogP contribution in [0.2, 0.25) is 0 Å². The van der Waals surface area contributed by atoms with Gasteiger partial charge >= 0.3 is 23.9 Å². The normalized spacial score (nSPS) is 14.5. The lowest BCUT2D eigenvalue weighted by Crippen LogP contribution is -2.31. The average Bonchev–Trinajstić information content (AvgIpc) is 4.06. The van der Waals surface area contributed by atoms with E-state index < -0.39 is 20.6 Å². The first kappa shape index (κ1) is 64.4. The van der Waals surface area contributed by atoms with Gasteiger partial charge in [0.25, 0.3) is 0 Å². The zero-order valence-electron chi connectivity index (χ0n) is 42.4. The number of rotatable bonds is 23. The summed E-state index contributed by atoms with van der Waals surface area (Å²) in [5, 5.41) is 10.6. The molecule has 0 bridgehead atoms. The van der Waals surface area contributed by atoms with Crippen LogP contribution in [0, 0.1) is 23.7 Å². The van der Waals surface area contributed by atoms with Crippen molar-refractivity contribution in [3.05, 3.63) is 71.3 Å². The monoisotopic (exact) mass is 982 g/mol. The van der Waals surface area contributed by atoms with E-state index in [-0.39, 0.29) is 76.6 Å². The highest BCUT2D eigenvalue weighted by atomic mass is 32.2. The van der Waals surface area contributed by atoms with E-state index in [0.717, 1.165) is 37.5 Å². The second kappa shape index (κ2) is 35.5. The van der Waals surface area contributed by atoms with E-state index in [1.807, 2.05) is 84.0 Å². The van der Waals surface area contributed by atoms with Crippen LogP contribution in [0.1, 0.15) is 121 Å². The maximum absolute atomic E-state index is 12.3. The van der Waals surface area contributed by atoms with Gasteiger partial charge in [0.2, 0.25) is 0 Å². The fraction of sp³-hybridized carbons (Fsp3) is 0.633. The van der Waals surface area contributed by atoms with Crippen molar-refractivity contribution in [3.63, 3.8) is 0 Å². The minimum absolute atomic E-state index is 0.00663. The standard InChI is InChI=1S/C19H20O3.C8H14N2O2.C8H16O4S.C8H16O3S.C6H13NO/c1-3-15(19(21)22-2)13-14-9-11-17(12-10-14)18(20)16-7-5-4-6-8-16;1-4-6(7(11)12-3)5-8(2)9-10-8;1-4-7(8(9)12-2)5-6-13(3,10)11;1-4-7(8(9)11-2)5-6-12(3)10;1-4-6(7-3)5(2)8/h4-12,15H,3,13H2,1-2H3;6H,4-5H2,1-3H3;7H,4-6H2,1-3H3;7H,4-6H2,1-3H3;6-7H,4H2,1-3H3/t15-;6-;7-;7-,12?;6-/m00000/s1. The van der Waals surface area contributed by atoms with E-state index in [2.05, 4.69) is 29.8 Å². The Hall–Kier alpha value is -4.68. The molecule has 0 aromatic heterocycles. The largest absolute Gasteiger partial charge is 0.469 e. The third kappa shape index (κ3) is 29.0. The van der Waals surface area contributed by atoms with Gasteiger partial charge in [-0.15, -0.1) is 0 Å². The summed E-state index contributed by atoms with van der Waals surface area (Å²) in [5.74, 6) is -0.595. The Balaban J connectivity index is 0. The van der Waals surface area contributed by atoms with E-state index >= 15 is 0 Å². The molecule has 16 nitrogen and oxygen atoms in total. The van der Waals surface area contributed by atoms with Gasteiger partial charge in [-0.25, -0.2) is 8.42 Å². The molecule has 1 heterocycles. The molecule has 1 aliphatic heterocycles. The molecule has 0 saturated heterocycles. The molecule has 0 fully saturated rings. The summed E-state index contributed by atoms with van der Waals surface area (Å²) in [5.41, 5.74) is 2.06. The van der Waals surface area contributed by atoms with Gasteiger partial charge in [0.05, 0.1) is 63.9 Å². The minimum atomic E-state index is -2.98. The van der Waals surface area contributed by atoms with Crippen LogP contribution < -0.4 is 5.32 Å². The Labute approximate surface area is 402 Å². The number of nitrogens with one attached hydrogen (secondary N) is 1. The zero-order chi connectivity index (χ0) is 51.8. The van der Waals surface area contributed by atoms with Gasteiger partial charge in [-0.1, -0.05) is 89.2 Å². The number of hydrogen-bond donors (Lipinski definition) is 1. The van der Waals surface area contributed by atoms with E-state index in [1.165, 1.54) is 28.4 Å². The molecule has 1 unspecified atom stereocenters. The second-order valence-corrected chi connectivity index (χ2v) is 19.9. The third-order valence-corrected chi connectivity index (χ3v) is 12.5. The highest BCUT2D eigenvalue weighted by molar-refractivity contribution is 7.90. The lowest BCUT2D eigenvalue weighted by Gasteiger charge is -2.13.